The van der Waals surface area contributed by atoms with Crippen LogP contribution in [0.25, 0.3) is 0 Å². The van der Waals surface area contributed by atoms with E-state index in [0.717, 1.165) is 11.1 Å². The first-order valence-corrected chi connectivity index (χ1v) is 5.59. The van der Waals surface area contributed by atoms with E-state index in [1.165, 1.54) is 6.61 Å². The zero-order chi connectivity index (χ0) is 13.1. The summed E-state index contributed by atoms with van der Waals surface area (Å²) >= 11 is 0. The largest absolute Gasteiger partial charge is 0.373 e. The molecule has 0 fully saturated rings. The summed E-state index contributed by atoms with van der Waals surface area (Å²) < 4.78 is 0. The average Bonchev–Trinajstić information content (AvgIpc) is 2.20. The smallest absolute Gasteiger partial charge is 0.292 e. The van der Waals surface area contributed by atoms with Crippen molar-refractivity contribution in [3.8, 4) is 0 Å². The highest BCUT2D eigenvalue weighted by molar-refractivity contribution is 5.90. The van der Waals surface area contributed by atoms with Crippen LogP contribution in [0.5, 0.6) is 0 Å². The quantitative estimate of drug-likeness (QED) is 0.593. The number of rotatable bonds is 3. The van der Waals surface area contributed by atoms with Crippen molar-refractivity contribution in [1.29, 1.82) is 0 Å². The molecule has 3 nitrogen and oxygen atoms in total. The van der Waals surface area contributed by atoms with Crippen molar-refractivity contribution in [2.45, 2.75) is 34.6 Å². The fraction of sp³-hybridized carbons (Fsp3) is 0.429. The molecule has 1 aromatic rings. The van der Waals surface area contributed by atoms with Crippen molar-refractivity contribution in [3.63, 3.8) is 0 Å². The van der Waals surface area contributed by atoms with Crippen molar-refractivity contribution in [2.75, 3.05) is 0 Å². The van der Waals surface area contributed by atoms with Crippen molar-refractivity contribution in [3.05, 3.63) is 41.5 Å². The monoisotopic (exact) mass is 235 g/mol. The molecule has 0 spiro atoms. The van der Waals surface area contributed by atoms with Gasteiger partial charge in [0, 0.05) is 0 Å². The Bertz CT molecular complexity index is 402. The number of carbonyl (C=O) groups is 1. The second-order valence-corrected chi connectivity index (χ2v) is 5.20. The third-order valence-electron chi connectivity index (χ3n) is 2.35. The second-order valence-electron chi connectivity index (χ2n) is 5.20. The molecule has 1 rings (SSSR count). The first-order valence-electron chi connectivity index (χ1n) is 5.59. The maximum Gasteiger partial charge on any atom is 0.373 e. The van der Waals surface area contributed by atoms with E-state index in [-0.39, 0.29) is 5.41 Å². The fourth-order valence-corrected chi connectivity index (χ4v) is 1.23. The molecule has 0 N–H and O–H groups in total. The first-order chi connectivity index (χ1) is 7.81. The summed E-state index contributed by atoms with van der Waals surface area (Å²) in [6.45, 7) is 11.2. The maximum absolute atomic E-state index is 11.7. The van der Waals surface area contributed by atoms with Crippen molar-refractivity contribution < 1.29 is 14.6 Å². The lowest BCUT2D eigenvalue weighted by molar-refractivity contribution is -0.224. The van der Waals surface area contributed by atoms with Crippen LogP contribution in [0.3, 0.4) is 0 Å². The molecule has 0 saturated carbocycles. The van der Waals surface area contributed by atoms with Gasteiger partial charge in [0.2, 0.25) is 0 Å². The Labute approximate surface area is 103 Å². The molecule has 93 valence electrons. The van der Waals surface area contributed by atoms with E-state index >= 15 is 0 Å². The molecule has 0 saturated heterocycles. The van der Waals surface area contributed by atoms with Gasteiger partial charge in [-0.1, -0.05) is 32.9 Å². The summed E-state index contributed by atoms with van der Waals surface area (Å²) in [5, 5.41) is 0. The Balaban J connectivity index is 2.62. The topological polar surface area (TPSA) is 35.5 Å². The van der Waals surface area contributed by atoms with E-state index in [0.29, 0.717) is 5.56 Å². The van der Waals surface area contributed by atoms with Crippen LogP contribution in [-0.2, 0) is 9.78 Å². The van der Waals surface area contributed by atoms with Gasteiger partial charge in [0.1, 0.15) is 6.61 Å². The number of hydrogen-bond donors (Lipinski definition) is 0. The van der Waals surface area contributed by atoms with Gasteiger partial charge in [-0.25, -0.2) is 4.79 Å². The van der Waals surface area contributed by atoms with Gasteiger partial charge < -0.3 is 0 Å². The minimum absolute atomic E-state index is 0.151. The molecule has 0 aliphatic rings. The minimum atomic E-state index is -0.466. The van der Waals surface area contributed by atoms with Gasteiger partial charge >= 0.3 is 5.97 Å². The van der Waals surface area contributed by atoms with E-state index in [9.17, 15) is 4.79 Å². The lowest BCUT2D eigenvalue weighted by atomic mass is 9.99. The summed E-state index contributed by atoms with van der Waals surface area (Å²) in [5.74, 6) is -0.466. The molecule has 0 aliphatic carbocycles. The molecule has 1 radical (unpaired) electrons. The fourth-order valence-electron chi connectivity index (χ4n) is 1.23. The summed E-state index contributed by atoms with van der Waals surface area (Å²) in [6, 6.07) is 5.51. The van der Waals surface area contributed by atoms with Gasteiger partial charge in [0.15, 0.2) is 0 Å². The van der Waals surface area contributed by atoms with Gasteiger partial charge in [-0.3, -0.25) is 4.89 Å². The van der Waals surface area contributed by atoms with Crippen LogP contribution in [0.4, 0.5) is 0 Å². The molecule has 0 amide bonds. The van der Waals surface area contributed by atoms with Gasteiger partial charge in [-0.05, 0) is 36.5 Å². The maximum atomic E-state index is 11.7. The van der Waals surface area contributed by atoms with Crippen molar-refractivity contribution in [1.82, 2.24) is 0 Å². The average molecular weight is 235 g/mol. The van der Waals surface area contributed by atoms with E-state index in [1.54, 1.807) is 6.07 Å². The van der Waals surface area contributed by atoms with Crippen molar-refractivity contribution >= 4 is 5.97 Å². The Hall–Kier alpha value is -1.35. The molecule has 0 aliphatic heterocycles. The van der Waals surface area contributed by atoms with Crippen molar-refractivity contribution in [2.24, 2.45) is 5.41 Å². The lowest BCUT2D eigenvalue weighted by Gasteiger charge is -2.15. The van der Waals surface area contributed by atoms with Gasteiger partial charge in [-0.15, -0.1) is 0 Å². The van der Waals surface area contributed by atoms with Crippen LogP contribution >= 0.6 is 0 Å². The van der Waals surface area contributed by atoms with Gasteiger partial charge in [0.05, 0.1) is 5.56 Å². The van der Waals surface area contributed by atoms with Crippen LogP contribution in [0.1, 0.15) is 42.3 Å². The predicted molar refractivity (Wildman–Crippen MR) is 66.2 cm³/mol. The lowest BCUT2D eigenvalue weighted by Crippen LogP contribution is -2.13. The highest BCUT2D eigenvalue weighted by atomic mass is 17.2. The Morgan fingerprint density at radius 1 is 1.24 bits per heavy atom. The van der Waals surface area contributed by atoms with Crippen LogP contribution < -0.4 is 0 Å². The zero-order valence-corrected chi connectivity index (χ0v) is 11.0. The molecule has 17 heavy (non-hydrogen) atoms. The molecule has 0 atom stereocenters. The summed E-state index contributed by atoms with van der Waals surface area (Å²) in [7, 11) is 0. The third-order valence-corrected chi connectivity index (χ3v) is 2.35. The number of hydrogen-bond acceptors (Lipinski definition) is 3. The number of carbonyl (C=O) groups excluding carboxylic acids is 1. The molecule has 1 aromatic carbocycles. The predicted octanol–water partition coefficient (Wildman–Crippen LogP) is 3.60. The molecular formula is C14H19O3. The highest BCUT2D eigenvalue weighted by Gasteiger charge is 2.16. The van der Waals surface area contributed by atoms with E-state index in [1.807, 2.05) is 46.8 Å². The van der Waals surface area contributed by atoms with Gasteiger partial charge in [-0.2, -0.15) is 4.89 Å². The molecular weight excluding hydrogens is 216 g/mol. The highest BCUT2D eigenvalue weighted by Crippen LogP contribution is 2.19. The van der Waals surface area contributed by atoms with Crippen LogP contribution in [0.15, 0.2) is 18.2 Å². The molecule has 0 unspecified atom stereocenters. The molecule has 0 heterocycles. The summed E-state index contributed by atoms with van der Waals surface area (Å²) in [5.41, 5.74) is 2.35. The van der Waals surface area contributed by atoms with Gasteiger partial charge in [0.25, 0.3) is 0 Å². The minimum Gasteiger partial charge on any atom is -0.292 e. The molecule has 3 heteroatoms. The Morgan fingerprint density at radius 2 is 1.88 bits per heavy atom. The SMILES string of the molecule is Cc1cccc(C(=O)OO[CH]C(C)(C)C)c1C. The number of benzene rings is 1. The molecule has 0 bridgehead atoms. The standard InChI is InChI=1S/C14H19O3/c1-10-7-6-8-12(11(10)2)13(15)17-16-9-14(3,4)5/h6-9H,1-5H3. The zero-order valence-electron chi connectivity index (χ0n) is 11.0. The normalized spacial score (nSPS) is 11.4. The van der Waals surface area contributed by atoms with Crippen LogP contribution in [0, 0.1) is 25.9 Å². The Kier molecular flexibility index (Phi) is 4.29. The van der Waals surface area contributed by atoms with E-state index in [4.69, 9.17) is 9.78 Å². The van der Waals surface area contributed by atoms with Crippen LogP contribution in [0.2, 0.25) is 0 Å². The summed E-state index contributed by atoms with van der Waals surface area (Å²) in [4.78, 5) is 21.3. The molecule has 0 aromatic heterocycles. The third kappa shape index (κ3) is 4.19. The second kappa shape index (κ2) is 5.32. The van der Waals surface area contributed by atoms with E-state index in [2.05, 4.69) is 0 Å². The van der Waals surface area contributed by atoms with Crippen LogP contribution in [-0.4, -0.2) is 5.97 Å². The van der Waals surface area contributed by atoms with E-state index < -0.39 is 5.97 Å². The number of aryl methyl sites for hydroxylation is 1. The summed E-state index contributed by atoms with van der Waals surface area (Å²) in [6.07, 6.45) is 0. The first kappa shape index (κ1) is 13.7. The Morgan fingerprint density at radius 3 is 2.47 bits per heavy atom.